The summed E-state index contributed by atoms with van der Waals surface area (Å²) in [4.78, 5) is 2.37. The molecule has 0 amide bonds. The van der Waals surface area contributed by atoms with Gasteiger partial charge in [0.15, 0.2) is 0 Å². The van der Waals surface area contributed by atoms with Crippen molar-refractivity contribution in [3.8, 4) is 0 Å². The Morgan fingerprint density at radius 2 is 2.10 bits per heavy atom. The van der Waals surface area contributed by atoms with Crippen LogP contribution < -0.4 is 0 Å². The molecule has 0 bridgehead atoms. The molecule has 0 saturated heterocycles. The fourth-order valence-corrected chi connectivity index (χ4v) is 2.88. The Bertz CT molecular complexity index is 647. The first-order valence-electron chi connectivity index (χ1n) is 7.45. The second-order valence-electron chi connectivity index (χ2n) is 5.74. The van der Waals surface area contributed by atoms with Gasteiger partial charge in [-0.05, 0) is 24.5 Å². The monoisotopic (exact) mass is 283 g/mol. The molecule has 0 fully saturated rings. The van der Waals surface area contributed by atoms with E-state index in [4.69, 9.17) is 4.42 Å². The first-order valence-corrected chi connectivity index (χ1v) is 7.45. The van der Waals surface area contributed by atoms with E-state index in [1.165, 1.54) is 11.1 Å². The van der Waals surface area contributed by atoms with E-state index in [2.05, 4.69) is 52.9 Å². The van der Waals surface area contributed by atoms with Crippen molar-refractivity contribution in [3.05, 3.63) is 59.3 Å². The van der Waals surface area contributed by atoms with Crippen LogP contribution in [0, 0.1) is 0 Å². The minimum absolute atomic E-state index is 0.143. The zero-order valence-corrected chi connectivity index (χ0v) is 12.7. The van der Waals surface area contributed by atoms with Crippen molar-refractivity contribution in [1.82, 2.24) is 15.1 Å². The van der Waals surface area contributed by atoms with Gasteiger partial charge in [0.05, 0.1) is 6.04 Å². The summed E-state index contributed by atoms with van der Waals surface area (Å²) in [6.45, 7) is 9.88. The van der Waals surface area contributed by atoms with E-state index in [1.807, 2.05) is 6.92 Å². The largest absolute Gasteiger partial charge is 0.424 e. The number of aryl methyl sites for hydroxylation is 1. The molecule has 0 saturated carbocycles. The van der Waals surface area contributed by atoms with Crippen LogP contribution in [0.1, 0.15) is 42.8 Å². The van der Waals surface area contributed by atoms with Gasteiger partial charge in [0, 0.05) is 19.5 Å². The van der Waals surface area contributed by atoms with Gasteiger partial charge in [-0.3, -0.25) is 4.90 Å². The van der Waals surface area contributed by atoms with Crippen LogP contribution in [0.15, 0.2) is 40.8 Å². The minimum Gasteiger partial charge on any atom is -0.424 e. The topological polar surface area (TPSA) is 42.2 Å². The number of nitrogens with zero attached hydrogens (tertiary/aromatic N) is 3. The molecule has 3 rings (SSSR count). The molecular formula is C17H21N3O. The summed E-state index contributed by atoms with van der Waals surface area (Å²) >= 11 is 0. The van der Waals surface area contributed by atoms with Gasteiger partial charge >= 0.3 is 0 Å². The standard InChI is InChI=1S/C17H21N3O/c1-4-16-18-19-17(21-16)15-9-13-7-5-6-8-14(13)11-20(15)10-12(2)3/h5-8,15H,2,4,9-11H2,1,3H3/t15-/m1/s1. The predicted octanol–water partition coefficient (Wildman–Crippen LogP) is 3.31. The van der Waals surface area contributed by atoms with E-state index >= 15 is 0 Å². The third-order valence-corrected chi connectivity index (χ3v) is 3.89. The van der Waals surface area contributed by atoms with Crippen LogP contribution in [0.2, 0.25) is 0 Å². The van der Waals surface area contributed by atoms with Crippen LogP contribution in [-0.4, -0.2) is 21.6 Å². The Morgan fingerprint density at radius 1 is 1.33 bits per heavy atom. The van der Waals surface area contributed by atoms with Crippen LogP contribution in [-0.2, 0) is 19.4 Å². The highest BCUT2D eigenvalue weighted by molar-refractivity contribution is 5.31. The van der Waals surface area contributed by atoms with Gasteiger partial charge in [0.25, 0.3) is 0 Å². The molecular weight excluding hydrogens is 262 g/mol. The molecule has 0 spiro atoms. The van der Waals surface area contributed by atoms with E-state index < -0.39 is 0 Å². The molecule has 0 radical (unpaired) electrons. The van der Waals surface area contributed by atoms with Crippen molar-refractivity contribution in [2.24, 2.45) is 0 Å². The van der Waals surface area contributed by atoms with Gasteiger partial charge < -0.3 is 4.42 Å². The average Bonchev–Trinajstić information content (AvgIpc) is 2.94. The molecule has 0 unspecified atom stereocenters. The highest BCUT2D eigenvalue weighted by atomic mass is 16.4. The van der Waals surface area contributed by atoms with E-state index in [9.17, 15) is 0 Å². The number of rotatable bonds is 4. The van der Waals surface area contributed by atoms with Gasteiger partial charge in [-0.15, -0.1) is 10.2 Å². The van der Waals surface area contributed by atoms with Gasteiger partial charge in [-0.25, -0.2) is 0 Å². The second kappa shape index (κ2) is 5.82. The molecule has 4 nitrogen and oxygen atoms in total. The fraction of sp³-hybridized carbons (Fsp3) is 0.412. The smallest absolute Gasteiger partial charge is 0.233 e. The second-order valence-corrected chi connectivity index (χ2v) is 5.74. The van der Waals surface area contributed by atoms with Crippen molar-refractivity contribution < 1.29 is 4.42 Å². The van der Waals surface area contributed by atoms with Crippen LogP contribution >= 0.6 is 0 Å². The maximum Gasteiger partial charge on any atom is 0.233 e. The van der Waals surface area contributed by atoms with E-state index in [0.29, 0.717) is 5.89 Å². The Labute approximate surface area is 125 Å². The Hall–Kier alpha value is -1.94. The lowest BCUT2D eigenvalue weighted by atomic mass is 9.93. The van der Waals surface area contributed by atoms with Crippen LogP contribution in [0.5, 0.6) is 0 Å². The molecule has 2 aromatic rings. The quantitative estimate of drug-likeness (QED) is 0.807. The van der Waals surface area contributed by atoms with Gasteiger partial charge in [0.2, 0.25) is 11.8 Å². The number of hydrogen-bond acceptors (Lipinski definition) is 4. The zero-order valence-electron chi connectivity index (χ0n) is 12.7. The molecule has 110 valence electrons. The molecule has 1 aromatic carbocycles. The highest BCUT2D eigenvalue weighted by Gasteiger charge is 2.30. The SMILES string of the molecule is C=C(C)CN1Cc2ccccc2C[C@@H]1c1nnc(CC)o1. The summed E-state index contributed by atoms with van der Waals surface area (Å²) in [7, 11) is 0. The lowest BCUT2D eigenvalue weighted by Gasteiger charge is -2.35. The number of hydrogen-bond donors (Lipinski definition) is 0. The Balaban J connectivity index is 1.93. The molecule has 1 aromatic heterocycles. The first kappa shape index (κ1) is 14.0. The molecule has 0 N–H and O–H groups in total. The van der Waals surface area contributed by atoms with Crippen LogP contribution in [0.4, 0.5) is 0 Å². The first-order chi connectivity index (χ1) is 10.2. The van der Waals surface area contributed by atoms with Crippen molar-refractivity contribution >= 4 is 0 Å². The van der Waals surface area contributed by atoms with Crippen molar-refractivity contribution in [3.63, 3.8) is 0 Å². The summed E-state index contributed by atoms with van der Waals surface area (Å²) in [5.74, 6) is 1.43. The highest BCUT2D eigenvalue weighted by Crippen LogP contribution is 2.32. The fourth-order valence-electron chi connectivity index (χ4n) is 2.88. The van der Waals surface area contributed by atoms with Crippen LogP contribution in [0.25, 0.3) is 0 Å². The Morgan fingerprint density at radius 3 is 2.76 bits per heavy atom. The summed E-state index contributed by atoms with van der Waals surface area (Å²) in [6, 6.07) is 8.72. The van der Waals surface area contributed by atoms with Gasteiger partial charge in [0.1, 0.15) is 0 Å². The molecule has 21 heavy (non-hydrogen) atoms. The minimum atomic E-state index is 0.143. The maximum atomic E-state index is 5.81. The molecule has 2 heterocycles. The van der Waals surface area contributed by atoms with E-state index in [-0.39, 0.29) is 6.04 Å². The van der Waals surface area contributed by atoms with Crippen molar-refractivity contribution in [2.45, 2.75) is 39.3 Å². The number of benzene rings is 1. The lowest BCUT2D eigenvalue weighted by molar-refractivity contribution is 0.159. The maximum absolute atomic E-state index is 5.81. The molecule has 1 aliphatic heterocycles. The Kier molecular flexibility index (Phi) is 3.88. The van der Waals surface area contributed by atoms with Crippen molar-refractivity contribution in [1.29, 1.82) is 0 Å². The van der Waals surface area contributed by atoms with Gasteiger partial charge in [-0.1, -0.05) is 43.3 Å². The summed E-state index contributed by atoms with van der Waals surface area (Å²) in [6.07, 6.45) is 1.69. The number of fused-ring (bicyclic) bond motifs is 1. The normalized spacial score (nSPS) is 18.5. The van der Waals surface area contributed by atoms with E-state index in [0.717, 1.165) is 37.4 Å². The van der Waals surface area contributed by atoms with Gasteiger partial charge in [-0.2, -0.15) is 0 Å². The average molecular weight is 283 g/mol. The summed E-state index contributed by atoms with van der Waals surface area (Å²) in [5, 5.41) is 8.37. The zero-order chi connectivity index (χ0) is 14.8. The summed E-state index contributed by atoms with van der Waals surface area (Å²) < 4.78 is 5.81. The number of aromatic nitrogens is 2. The molecule has 1 atom stereocenters. The molecule has 0 aliphatic carbocycles. The molecule has 4 heteroatoms. The third kappa shape index (κ3) is 2.90. The lowest BCUT2D eigenvalue weighted by Crippen LogP contribution is -2.35. The predicted molar refractivity (Wildman–Crippen MR) is 81.8 cm³/mol. The molecule has 1 aliphatic rings. The van der Waals surface area contributed by atoms with E-state index in [1.54, 1.807) is 0 Å². The third-order valence-electron chi connectivity index (χ3n) is 3.89. The van der Waals surface area contributed by atoms with Crippen LogP contribution in [0.3, 0.4) is 0 Å². The summed E-state index contributed by atoms with van der Waals surface area (Å²) in [5.41, 5.74) is 3.90. The van der Waals surface area contributed by atoms with Crippen molar-refractivity contribution in [2.75, 3.05) is 6.54 Å².